The molecule has 0 aromatic heterocycles. The van der Waals surface area contributed by atoms with Gasteiger partial charge in [-0.05, 0) is 25.0 Å². The first kappa shape index (κ1) is 19.1. The van der Waals surface area contributed by atoms with E-state index in [1.165, 1.54) is 4.90 Å². The maximum Gasteiger partial charge on any atom is 0.343 e. The van der Waals surface area contributed by atoms with Crippen molar-refractivity contribution in [2.24, 2.45) is 5.92 Å². The van der Waals surface area contributed by atoms with Crippen molar-refractivity contribution in [1.82, 2.24) is 9.80 Å². The summed E-state index contributed by atoms with van der Waals surface area (Å²) in [4.78, 5) is 38.7. The minimum Gasteiger partial charge on any atom is -0.484 e. The second kappa shape index (κ2) is 7.94. The van der Waals surface area contributed by atoms with Crippen LogP contribution in [0.25, 0.3) is 0 Å². The number of para-hydroxylation sites is 1. The van der Waals surface area contributed by atoms with E-state index in [2.05, 4.69) is 0 Å². The molecule has 2 heterocycles. The number of ether oxygens (including phenoxy) is 1. The van der Waals surface area contributed by atoms with Gasteiger partial charge in [0.15, 0.2) is 6.61 Å². The Hall–Kier alpha value is -2.64. The molecular weight excluding hydrogens is 355 g/mol. The molecule has 2 aliphatic rings. The van der Waals surface area contributed by atoms with Gasteiger partial charge in [0.1, 0.15) is 5.75 Å². The third kappa shape index (κ3) is 4.37. The topological polar surface area (TPSA) is 87.2 Å². The number of likely N-dealkylation sites (tertiary alicyclic amines) is 2. The van der Waals surface area contributed by atoms with Crippen molar-refractivity contribution >= 4 is 17.8 Å². The maximum atomic E-state index is 14.1. The molecule has 1 atom stereocenters. The lowest BCUT2D eigenvalue weighted by Gasteiger charge is -2.33. The monoisotopic (exact) mass is 378 g/mol. The molecule has 0 radical (unpaired) electrons. The molecule has 0 spiro atoms. The minimum atomic E-state index is -2.35. The molecule has 3 rings (SSSR count). The Morgan fingerprint density at radius 2 is 1.78 bits per heavy atom. The van der Waals surface area contributed by atoms with Gasteiger partial charge in [-0.25, -0.2) is 9.18 Å². The number of benzene rings is 1. The smallest absolute Gasteiger partial charge is 0.343 e. The van der Waals surface area contributed by atoms with E-state index in [0.717, 1.165) is 0 Å². The lowest BCUT2D eigenvalue weighted by molar-refractivity contribution is -0.150. The molecule has 27 heavy (non-hydrogen) atoms. The van der Waals surface area contributed by atoms with Crippen molar-refractivity contribution in [2.75, 3.05) is 32.8 Å². The largest absolute Gasteiger partial charge is 0.484 e. The van der Waals surface area contributed by atoms with E-state index in [1.807, 2.05) is 18.2 Å². The molecule has 2 saturated heterocycles. The van der Waals surface area contributed by atoms with Crippen LogP contribution in [0.1, 0.15) is 19.3 Å². The third-order valence-electron chi connectivity index (χ3n) is 5.22. The average molecular weight is 378 g/mol. The molecule has 0 bridgehead atoms. The van der Waals surface area contributed by atoms with E-state index >= 15 is 0 Å². The van der Waals surface area contributed by atoms with Crippen LogP contribution in [0.4, 0.5) is 4.39 Å². The van der Waals surface area contributed by atoms with Crippen LogP contribution >= 0.6 is 0 Å². The van der Waals surface area contributed by atoms with Gasteiger partial charge in [-0.15, -0.1) is 0 Å². The van der Waals surface area contributed by atoms with Crippen molar-refractivity contribution in [1.29, 1.82) is 0 Å². The van der Waals surface area contributed by atoms with Crippen LogP contribution in [-0.2, 0) is 14.4 Å². The molecule has 146 valence electrons. The summed E-state index contributed by atoms with van der Waals surface area (Å²) >= 11 is 0. The van der Waals surface area contributed by atoms with Gasteiger partial charge >= 0.3 is 5.97 Å². The van der Waals surface area contributed by atoms with Gasteiger partial charge in [-0.2, -0.15) is 0 Å². The van der Waals surface area contributed by atoms with Crippen molar-refractivity contribution < 1.29 is 28.6 Å². The summed E-state index contributed by atoms with van der Waals surface area (Å²) in [5.41, 5.74) is -2.35. The fraction of sp³-hybridized carbons (Fsp3) is 0.526. The molecule has 0 saturated carbocycles. The second-order valence-electron chi connectivity index (χ2n) is 7.04. The van der Waals surface area contributed by atoms with Crippen LogP contribution in [0.2, 0.25) is 0 Å². The zero-order valence-corrected chi connectivity index (χ0v) is 15.0. The Morgan fingerprint density at radius 1 is 1.11 bits per heavy atom. The van der Waals surface area contributed by atoms with Crippen LogP contribution in [0.3, 0.4) is 0 Å². The predicted molar refractivity (Wildman–Crippen MR) is 93.9 cm³/mol. The third-order valence-corrected chi connectivity index (χ3v) is 5.22. The Bertz CT molecular complexity index is 705. The first-order valence-corrected chi connectivity index (χ1v) is 9.06. The Morgan fingerprint density at radius 3 is 2.37 bits per heavy atom. The number of hydrogen-bond donors (Lipinski definition) is 1. The Balaban J connectivity index is 1.45. The predicted octanol–water partition coefficient (Wildman–Crippen LogP) is 1.33. The van der Waals surface area contributed by atoms with Crippen LogP contribution in [-0.4, -0.2) is 71.1 Å². The van der Waals surface area contributed by atoms with Crippen molar-refractivity contribution in [3.05, 3.63) is 30.3 Å². The lowest BCUT2D eigenvalue weighted by Crippen LogP contribution is -2.46. The zero-order valence-electron chi connectivity index (χ0n) is 15.0. The number of amides is 2. The quantitative estimate of drug-likeness (QED) is 0.835. The van der Waals surface area contributed by atoms with Crippen LogP contribution < -0.4 is 4.74 Å². The second-order valence-corrected chi connectivity index (χ2v) is 7.04. The summed E-state index contributed by atoms with van der Waals surface area (Å²) in [7, 11) is 0. The molecule has 1 aromatic carbocycles. The molecule has 1 unspecified atom stereocenters. The molecule has 2 fully saturated rings. The van der Waals surface area contributed by atoms with E-state index in [0.29, 0.717) is 31.7 Å². The van der Waals surface area contributed by atoms with E-state index < -0.39 is 18.2 Å². The summed E-state index contributed by atoms with van der Waals surface area (Å²) in [5.74, 6) is -1.56. The molecule has 2 amide bonds. The fourth-order valence-electron chi connectivity index (χ4n) is 3.52. The summed E-state index contributed by atoms with van der Waals surface area (Å²) in [6, 6.07) is 9.06. The van der Waals surface area contributed by atoms with Crippen LogP contribution in [0.15, 0.2) is 30.3 Å². The van der Waals surface area contributed by atoms with Crippen molar-refractivity contribution in [3.63, 3.8) is 0 Å². The number of carbonyl (C=O) groups is 3. The van der Waals surface area contributed by atoms with Gasteiger partial charge in [0.2, 0.25) is 11.6 Å². The molecule has 2 aliphatic heterocycles. The Kier molecular flexibility index (Phi) is 5.62. The number of alkyl halides is 1. The van der Waals surface area contributed by atoms with Gasteiger partial charge in [0.05, 0.1) is 6.54 Å². The van der Waals surface area contributed by atoms with E-state index in [4.69, 9.17) is 9.84 Å². The highest BCUT2D eigenvalue weighted by Gasteiger charge is 2.47. The van der Waals surface area contributed by atoms with Crippen LogP contribution in [0, 0.1) is 5.92 Å². The van der Waals surface area contributed by atoms with Crippen molar-refractivity contribution in [2.45, 2.75) is 24.9 Å². The first-order valence-electron chi connectivity index (χ1n) is 9.06. The summed E-state index contributed by atoms with van der Waals surface area (Å²) in [5, 5.41) is 8.94. The highest BCUT2D eigenvalue weighted by Crippen LogP contribution is 2.29. The van der Waals surface area contributed by atoms with Crippen molar-refractivity contribution in [3.8, 4) is 5.75 Å². The minimum absolute atomic E-state index is 0.0578. The SMILES string of the molecule is O=C(COc1ccccc1)N1CCC(C(=O)N2CCC(F)(C(=O)O)C2)CC1. The highest BCUT2D eigenvalue weighted by atomic mass is 19.1. The first-order chi connectivity index (χ1) is 12.9. The molecule has 0 aliphatic carbocycles. The lowest BCUT2D eigenvalue weighted by atomic mass is 9.95. The van der Waals surface area contributed by atoms with E-state index in [-0.39, 0.29) is 37.3 Å². The summed E-state index contributed by atoms with van der Waals surface area (Å²) in [6.07, 6.45) is 0.791. The van der Waals surface area contributed by atoms with Gasteiger partial charge in [0, 0.05) is 32.0 Å². The molecular formula is C19H23FN2O5. The van der Waals surface area contributed by atoms with Gasteiger partial charge in [0.25, 0.3) is 5.91 Å². The molecule has 7 nitrogen and oxygen atoms in total. The average Bonchev–Trinajstić information content (AvgIpc) is 3.10. The number of hydrogen-bond acceptors (Lipinski definition) is 4. The number of aliphatic carboxylic acids is 1. The molecule has 1 aromatic rings. The number of carboxylic acid groups (broad SMARTS) is 1. The van der Waals surface area contributed by atoms with Crippen LogP contribution in [0.5, 0.6) is 5.75 Å². The highest BCUT2D eigenvalue weighted by molar-refractivity contribution is 5.84. The Labute approximate surface area is 156 Å². The summed E-state index contributed by atoms with van der Waals surface area (Å²) in [6.45, 7) is 0.524. The zero-order chi connectivity index (χ0) is 19.4. The summed E-state index contributed by atoms with van der Waals surface area (Å²) < 4.78 is 19.6. The number of rotatable bonds is 5. The maximum absolute atomic E-state index is 14.1. The standard InChI is InChI=1S/C19H23FN2O5/c20-19(18(25)26)8-11-22(13-19)17(24)14-6-9-21(10-7-14)16(23)12-27-15-4-2-1-3-5-15/h1-5,14H,6-13H2,(H,25,26). The number of piperidine rings is 1. The molecule has 8 heteroatoms. The number of nitrogens with zero attached hydrogens (tertiary/aromatic N) is 2. The van der Waals surface area contributed by atoms with Gasteiger partial charge in [-0.3, -0.25) is 9.59 Å². The van der Waals surface area contributed by atoms with Gasteiger partial charge in [-0.1, -0.05) is 18.2 Å². The fourth-order valence-corrected chi connectivity index (χ4v) is 3.52. The van der Waals surface area contributed by atoms with E-state index in [9.17, 15) is 18.8 Å². The normalized spacial score (nSPS) is 23.3. The van der Waals surface area contributed by atoms with E-state index in [1.54, 1.807) is 17.0 Å². The number of carbonyl (C=O) groups excluding carboxylic acids is 2. The number of halogens is 1. The molecule has 1 N–H and O–H groups in total. The number of carboxylic acids is 1. The van der Waals surface area contributed by atoms with Gasteiger partial charge < -0.3 is 19.6 Å².